The smallest absolute Gasteiger partial charge is 0.262 e. The SMILES string of the molecule is COc1ccccc1N1C(=O)c2ccccc2N[C@H]1c1ccc(OCC#N)cc1. The molecule has 1 atom stereocenters. The predicted molar refractivity (Wildman–Crippen MR) is 110 cm³/mol. The Balaban J connectivity index is 1.79. The van der Waals surface area contributed by atoms with Crippen LogP contribution in [0, 0.1) is 11.3 Å². The van der Waals surface area contributed by atoms with Crippen LogP contribution in [0.25, 0.3) is 0 Å². The van der Waals surface area contributed by atoms with Gasteiger partial charge in [-0.15, -0.1) is 0 Å². The van der Waals surface area contributed by atoms with Crippen molar-refractivity contribution in [3.05, 3.63) is 83.9 Å². The molecule has 0 fully saturated rings. The maximum atomic E-state index is 13.4. The fourth-order valence-electron chi connectivity index (χ4n) is 3.43. The third-order valence-electron chi connectivity index (χ3n) is 4.77. The fraction of sp³-hybridized carbons (Fsp3) is 0.130. The molecule has 6 nitrogen and oxygen atoms in total. The van der Waals surface area contributed by atoms with E-state index in [1.165, 1.54) is 0 Å². The number of nitrogens with one attached hydrogen (secondary N) is 1. The zero-order chi connectivity index (χ0) is 20.2. The van der Waals surface area contributed by atoms with Crippen molar-refractivity contribution in [2.75, 3.05) is 23.9 Å². The number of carbonyl (C=O) groups is 1. The maximum absolute atomic E-state index is 13.4. The largest absolute Gasteiger partial charge is 0.495 e. The highest BCUT2D eigenvalue weighted by molar-refractivity contribution is 6.12. The van der Waals surface area contributed by atoms with Crippen molar-refractivity contribution in [2.45, 2.75) is 6.17 Å². The molecule has 1 heterocycles. The zero-order valence-electron chi connectivity index (χ0n) is 15.8. The van der Waals surface area contributed by atoms with Crippen LogP contribution in [0.15, 0.2) is 72.8 Å². The first-order valence-electron chi connectivity index (χ1n) is 9.15. The number of hydrogen-bond acceptors (Lipinski definition) is 5. The molecule has 1 aliphatic heterocycles. The molecular formula is C23H19N3O3. The normalized spacial score (nSPS) is 15.1. The van der Waals surface area contributed by atoms with E-state index < -0.39 is 6.17 Å². The summed E-state index contributed by atoms with van der Waals surface area (Å²) in [6.45, 7) is -0.0137. The zero-order valence-corrected chi connectivity index (χ0v) is 15.8. The Labute approximate surface area is 168 Å². The topological polar surface area (TPSA) is 74.6 Å². The van der Waals surface area contributed by atoms with Gasteiger partial charge >= 0.3 is 0 Å². The molecular weight excluding hydrogens is 366 g/mol. The van der Waals surface area contributed by atoms with Gasteiger partial charge in [-0.1, -0.05) is 36.4 Å². The summed E-state index contributed by atoms with van der Waals surface area (Å²) in [5.41, 5.74) is 2.93. The van der Waals surface area contributed by atoms with Crippen molar-refractivity contribution < 1.29 is 14.3 Å². The second kappa shape index (κ2) is 7.95. The van der Waals surface area contributed by atoms with Crippen LogP contribution in [0.4, 0.5) is 11.4 Å². The number of carbonyl (C=O) groups excluding carboxylic acids is 1. The standard InChI is InChI=1S/C23H19N3O3/c1-28-21-9-5-4-8-20(21)26-22(16-10-12-17(13-11-16)29-15-14-24)25-19-7-3-2-6-18(19)23(26)27/h2-13,22,25H,15H2,1H3/t22-/m1/s1. The molecule has 1 aliphatic rings. The van der Waals surface area contributed by atoms with Crippen molar-refractivity contribution in [2.24, 2.45) is 0 Å². The molecule has 0 unspecified atom stereocenters. The first-order valence-corrected chi connectivity index (χ1v) is 9.15. The van der Waals surface area contributed by atoms with Crippen molar-refractivity contribution >= 4 is 17.3 Å². The molecule has 0 aliphatic carbocycles. The number of para-hydroxylation sites is 3. The Morgan fingerprint density at radius 2 is 1.76 bits per heavy atom. The molecule has 29 heavy (non-hydrogen) atoms. The fourth-order valence-corrected chi connectivity index (χ4v) is 3.43. The first-order chi connectivity index (χ1) is 14.2. The van der Waals surface area contributed by atoms with Crippen molar-refractivity contribution in [1.29, 1.82) is 5.26 Å². The van der Waals surface area contributed by atoms with E-state index in [9.17, 15) is 4.79 Å². The van der Waals surface area contributed by atoms with Crippen LogP contribution < -0.4 is 19.7 Å². The lowest BCUT2D eigenvalue weighted by Crippen LogP contribution is -2.43. The van der Waals surface area contributed by atoms with E-state index in [1.807, 2.05) is 66.7 Å². The summed E-state index contributed by atoms with van der Waals surface area (Å²) >= 11 is 0. The summed E-state index contributed by atoms with van der Waals surface area (Å²) in [4.78, 5) is 15.1. The van der Waals surface area contributed by atoms with Gasteiger partial charge in [-0.05, 0) is 42.0 Å². The van der Waals surface area contributed by atoms with Gasteiger partial charge in [-0.3, -0.25) is 9.69 Å². The average molecular weight is 385 g/mol. The summed E-state index contributed by atoms with van der Waals surface area (Å²) in [5.74, 6) is 1.10. The molecule has 1 N–H and O–H groups in total. The van der Waals surface area contributed by atoms with E-state index in [2.05, 4.69) is 5.32 Å². The van der Waals surface area contributed by atoms with Gasteiger partial charge in [-0.25, -0.2) is 0 Å². The first kappa shape index (κ1) is 18.4. The van der Waals surface area contributed by atoms with Gasteiger partial charge in [0.2, 0.25) is 0 Å². The number of ether oxygens (including phenoxy) is 2. The van der Waals surface area contributed by atoms with E-state index in [-0.39, 0.29) is 12.5 Å². The van der Waals surface area contributed by atoms with Crippen LogP contribution >= 0.6 is 0 Å². The number of nitrogens with zero attached hydrogens (tertiary/aromatic N) is 2. The van der Waals surface area contributed by atoms with Crippen LogP contribution in [0.1, 0.15) is 22.1 Å². The number of rotatable bonds is 5. The number of benzene rings is 3. The number of methoxy groups -OCH3 is 1. The average Bonchev–Trinajstić information content (AvgIpc) is 2.78. The Hall–Kier alpha value is -3.98. The van der Waals surface area contributed by atoms with Crippen LogP contribution in [0.2, 0.25) is 0 Å². The third-order valence-corrected chi connectivity index (χ3v) is 4.77. The van der Waals surface area contributed by atoms with Crippen molar-refractivity contribution in [3.63, 3.8) is 0 Å². The summed E-state index contributed by atoms with van der Waals surface area (Å²) in [7, 11) is 1.59. The number of nitriles is 1. The molecule has 3 aromatic rings. The Morgan fingerprint density at radius 3 is 2.52 bits per heavy atom. The predicted octanol–water partition coefficient (Wildman–Crippen LogP) is 4.37. The molecule has 0 radical (unpaired) electrons. The number of hydrogen-bond donors (Lipinski definition) is 1. The summed E-state index contributed by atoms with van der Waals surface area (Å²) in [6, 6.07) is 24.2. The minimum absolute atomic E-state index is 0.0137. The Morgan fingerprint density at radius 1 is 1.03 bits per heavy atom. The minimum Gasteiger partial charge on any atom is -0.495 e. The Kier molecular flexibility index (Phi) is 5.04. The van der Waals surface area contributed by atoms with Gasteiger partial charge in [0, 0.05) is 5.69 Å². The summed E-state index contributed by atoms with van der Waals surface area (Å²) < 4.78 is 10.9. The van der Waals surface area contributed by atoms with E-state index in [1.54, 1.807) is 24.1 Å². The van der Waals surface area contributed by atoms with Gasteiger partial charge < -0.3 is 14.8 Å². The molecule has 3 aromatic carbocycles. The molecule has 0 saturated carbocycles. The highest BCUT2D eigenvalue weighted by atomic mass is 16.5. The highest BCUT2D eigenvalue weighted by Crippen LogP contribution is 2.40. The molecule has 144 valence electrons. The van der Waals surface area contributed by atoms with Gasteiger partial charge in [-0.2, -0.15) is 5.26 Å². The molecule has 0 saturated heterocycles. The maximum Gasteiger partial charge on any atom is 0.262 e. The summed E-state index contributed by atoms with van der Waals surface area (Å²) in [5, 5.41) is 12.1. The molecule has 0 aromatic heterocycles. The van der Waals surface area contributed by atoms with Gasteiger partial charge in [0.1, 0.15) is 23.7 Å². The van der Waals surface area contributed by atoms with Gasteiger partial charge in [0.05, 0.1) is 18.4 Å². The monoisotopic (exact) mass is 385 g/mol. The molecule has 1 amide bonds. The van der Waals surface area contributed by atoms with Gasteiger partial charge in [0.15, 0.2) is 6.61 Å². The molecule has 6 heteroatoms. The van der Waals surface area contributed by atoms with Crippen LogP contribution in [-0.2, 0) is 0 Å². The number of amides is 1. The van der Waals surface area contributed by atoms with E-state index in [0.717, 1.165) is 11.3 Å². The van der Waals surface area contributed by atoms with Crippen molar-refractivity contribution in [3.8, 4) is 17.6 Å². The molecule has 4 rings (SSSR count). The number of anilines is 2. The van der Waals surface area contributed by atoms with Gasteiger partial charge in [0.25, 0.3) is 5.91 Å². The number of fused-ring (bicyclic) bond motifs is 1. The third kappa shape index (κ3) is 3.46. The lowest BCUT2D eigenvalue weighted by Gasteiger charge is -2.38. The quantitative estimate of drug-likeness (QED) is 0.706. The van der Waals surface area contributed by atoms with E-state index in [4.69, 9.17) is 14.7 Å². The highest BCUT2D eigenvalue weighted by Gasteiger charge is 2.35. The molecule has 0 spiro atoms. The second-order valence-corrected chi connectivity index (χ2v) is 6.46. The van der Waals surface area contributed by atoms with E-state index in [0.29, 0.717) is 22.7 Å². The van der Waals surface area contributed by atoms with Crippen LogP contribution in [0.3, 0.4) is 0 Å². The lowest BCUT2D eigenvalue weighted by atomic mass is 10.0. The van der Waals surface area contributed by atoms with E-state index >= 15 is 0 Å². The Bertz CT molecular complexity index is 1070. The second-order valence-electron chi connectivity index (χ2n) is 6.46. The van der Waals surface area contributed by atoms with Crippen LogP contribution in [0.5, 0.6) is 11.5 Å². The molecule has 0 bridgehead atoms. The van der Waals surface area contributed by atoms with Crippen molar-refractivity contribution in [1.82, 2.24) is 0 Å². The summed E-state index contributed by atoms with van der Waals surface area (Å²) in [6.07, 6.45) is -0.432. The van der Waals surface area contributed by atoms with Crippen LogP contribution in [-0.4, -0.2) is 19.6 Å². The lowest BCUT2D eigenvalue weighted by molar-refractivity contribution is 0.0974. The minimum atomic E-state index is -0.432.